The zero-order valence-electron chi connectivity index (χ0n) is 17.7. The number of likely N-dealkylation sites (tertiary alicyclic amines) is 1. The van der Waals surface area contributed by atoms with Crippen molar-refractivity contribution in [2.75, 3.05) is 24.9 Å². The fourth-order valence-corrected chi connectivity index (χ4v) is 6.61. The molecule has 0 saturated carbocycles. The number of benzene rings is 2. The van der Waals surface area contributed by atoms with E-state index in [1.165, 1.54) is 30.3 Å². The Kier molecular flexibility index (Phi) is 6.83. The Hall–Kier alpha value is -2.34. The monoisotopic (exact) mass is 534 g/mol. The van der Waals surface area contributed by atoms with Crippen molar-refractivity contribution in [3.05, 3.63) is 64.2 Å². The third-order valence-electron chi connectivity index (χ3n) is 5.25. The first-order valence-electron chi connectivity index (χ1n) is 10.1. The largest absolute Gasteiger partial charge is 0.488 e. The average Bonchev–Trinajstić information content (AvgIpc) is 3.33. The fourth-order valence-electron chi connectivity index (χ4n) is 3.66. The maximum absolute atomic E-state index is 13.5. The van der Waals surface area contributed by atoms with Gasteiger partial charge in [0.1, 0.15) is 21.9 Å². The van der Waals surface area contributed by atoms with Gasteiger partial charge >= 0.3 is 6.18 Å². The number of hydrogen-bond donors (Lipinski definition) is 1. The van der Waals surface area contributed by atoms with E-state index in [0.29, 0.717) is 25.1 Å². The van der Waals surface area contributed by atoms with Crippen molar-refractivity contribution in [2.24, 2.45) is 0 Å². The summed E-state index contributed by atoms with van der Waals surface area (Å²) in [5, 5.41) is 0. The lowest BCUT2D eigenvalue weighted by Crippen LogP contribution is -2.23. The van der Waals surface area contributed by atoms with Crippen LogP contribution in [0.4, 0.5) is 23.2 Å². The minimum Gasteiger partial charge on any atom is -0.488 e. The number of nitrogens with one attached hydrogen (secondary N) is 1. The van der Waals surface area contributed by atoms with Crippen LogP contribution in [0, 0.1) is 5.82 Å². The number of hydrogen-bond acceptors (Lipinski definition) is 5. The summed E-state index contributed by atoms with van der Waals surface area (Å²) in [7, 11) is -2.40. The third kappa shape index (κ3) is 5.48. The van der Waals surface area contributed by atoms with Gasteiger partial charge in [0, 0.05) is 24.7 Å². The summed E-state index contributed by atoms with van der Waals surface area (Å²) in [5.74, 6) is -0.936. The first kappa shape index (κ1) is 24.8. The molecule has 0 unspecified atom stereocenters. The van der Waals surface area contributed by atoms with E-state index >= 15 is 0 Å². The van der Waals surface area contributed by atoms with Crippen LogP contribution < -0.4 is 9.46 Å². The van der Waals surface area contributed by atoms with Crippen molar-refractivity contribution < 1.29 is 30.7 Å². The highest BCUT2D eigenvalue weighted by Gasteiger charge is 2.36. The molecule has 0 radical (unpaired) electrons. The first-order chi connectivity index (χ1) is 15.9. The van der Waals surface area contributed by atoms with E-state index in [4.69, 9.17) is 16.3 Å². The van der Waals surface area contributed by atoms with Gasteiger partial charge < -0.3 is 9.64 Å². The summed E-state index contributed by atoms with van der Waals surface area (Å²) in [4.78, 5) is 1.93. The molecule has 4 rings (SSSR count). The molecule has 12 heteroatoms. The lowest BCUT2D eigenvalue weighted by atomic mass is 10.1. The summed E-state index contributed by atoms with van der Waals surface area (Å²) in [5.41, 5.74) is -0.410. The Morgan fingerprint density at radius 3 is 2.47 bits per heavy atom. The number of halogens is 5. The quantitative estimate of drug-likeness (QED) is 0.388. The van der Waals surface area contributed by atoms with E-state index in [0.717, 1.165) is 29.5 Å². The first-order valence-corrected chi connectivity index (χ1v) is 12.7. The lowest BCUT2D eigenvalue weighted by Gasteiger charge is -2.19. The Morgan fingerprint density at radius 2 is 1.85 bits per heavy atom. The lowest BCUT2D eigenvalue weighted by molar-refractivity contribution is -0.139. The summed E-state index contributed by atoms with van der Waals surface area (Å²) >= 11 is 6.84. The van der Waals surface area contributed by atoms with Crippen LogP contribution >= 0.6 is 22.9 Å². The second kappa shape index (κ2) is 9.37. The third-order valence-corrected chi connectivity index (χ3v) is 8.43. The molecule has 1 fully saturated rings. The Balaban J connectivity index is 1.67. The van der Waals surface area contributed by atoms with Gasteiger partial charge in [0.15, 0.2) is 0 Å². The predicted molar refractivity (Wildman–Crippen MR) is 124 cm³/mol. The molecule has 1 aliphatic rings. The molecule has 0 spiro atoms. The predicted octanol–water partition coefficient (Wildman–Crippen LogP) is 6.11. The highest BCUT2D eigenvalue weighted by atomic mass is 35.5. The standard InChI is InChI=1S/C22H19ClF4N2O3S2/c1-29-9-8-16(12-29)32-19-10-15(6-7-18(19)22(25,26)27)28-34(30,31)21-17(11-20(23)33-21)13-2-4-14(24)5-3-13/h2-7,10-11,16,28H,8-9,12H2,1H3/t16-/m1/s1. The maximum atomic E-state index is 13.5. The van der Waals surface area contributed by atoms with Crippen molar-refractivity contribution in [2.45, 2.75) is 22.9 Å². The Bertz CT molecular complexity index is 1290. The summed E-state index contributed by atoms with van der Waals surface area (Å²) < 4.78 is 88.2. The molecule has 0 amide bonds. The van der Waals surface area contributed by atoms with Crippen LogP contribution in [0.1, 0.15) is 12.0 Å². The topological polar surface area (TPSA) is 58.6 Å². The highest BCUT2D eigenvalue weighted by Crippen LogP contribution is 2.41. The molecule has 1 atom stereocenters. The molecule has 1 aromatic heterocycles. The molecular formula is C22H19ClF4N2O3S2. The zero-order valence-corrected chi connectivity index (χ0v) is 20.1. The molecule has 34 heavy (non-hydrogen) atoms. The maximum Gasteiger partial charge on any atom is 0.419 e. The second-order valence-electron chi connectivity index (χ2n) is 7.86. The van der Waals surface area contributed by atoms with Gasteiger partial charge in [-0.05, 0) is 49.4 Å². The SMILES string of the molecule is CN1CC[C@@H](Oc2cc(NS(=O)(=O)c3sc(Cl)cc3-c3ccc(F)cc3)ccc2C(F)(F)F)C1. The average molecular weight is 535 g/mol. The molecule has 0 bridgehead atoms. The number of sulfonamides is 1. The minimum absolute atomic E-state index is 0.0936. The van der Waals surface area contributed by atoms with Crippen molar-refractivity contribution in [3.8, 4) is 16.9 Å². The number of likely N-dealkylation sites (N-methyl/N-ethyl adjacent to an activating group) is 1. The van der Waals surface area contributed by atoms with Crippen molar-refractivity contribution in [1.29, 1.82) is 0 Å². The molecule has 5 nitrogen and oxygen atoms in total. The Labute approximate surface area is 203 Å². The van der Waals surface area contributed by atoms with Gasteiger partial charge in [0.25, 0.3) is 10.0 Å². The molecule has 3 aromatic rings. The van der Waals surface area contributed by atoms with Crippen LogP contribution in [0.15, 0.2) is 52.7 Å². The molecule has 0 aliphatic carbocycles. The molecular weight excluding hydrogens is 516 g/mol. The summed E-state index contributed by atoms with van der Waals surface area (Å²) in [6, 6.07) is 9.48. The number of thiophene rings is 1. The van der Waals surface area contributed by atoms with Gasteiger partial charge in [-0.3, -0.25) is 4.72 Å². The van der Waals surface area contributed by atoms with Gasteiger partial charge in [-0.1, -0.05) is 23.7 Å². The Morgan fingerprint density at radius 1 is 1.15 bits per heavy atom. The number of nitrogens with zero attached hydrogens (tertiary/aromatic N) is 1. The zero-order chi connectivity index (χ0) is 24.7. The van der Waals surface area contributed by atoms with Crippen LogP contribution in [0.3, 0.4) is 0 Å². The molecule has 1 aliphatic heterocycles. The molecule has 2 heterocycles. The fraction of sp³-hybridized carbons (Fsp3) is 0.273. The van der Waals surface area contributed by atoms with E-state index in [1.807, 2.05) is 11.9 Å². The van der Waals surface area contributed by atoms with E-state index < -0.39 is 39.4 Å². The molecule has 1 saturated heterocycles. The van der Waals surface area contributed by atoms with Gasteiger partial charge in [0.2, 0.25) is 0 Å². The van der Waals surface area contributed by atoms with E-state index in [1.54, 1.807) is 0 Å². The van der Waals surface area contributed by atoms with Crippen LogP contribution in [0.2, 0.25) is 4.34 Å². The van der Waals surface area contributed by atoms with Gasteiger partial charge in [-0.2, -0.15) is 13.2 Å². The van der Waals surface area contributed by atoms with Crippen LogP contribution in [0.25, 0.3) is 11.1 Å². The second-order valence-corrected chi connectivity index (χ2v) is 11.4. The van der Waals surface area contributed by atoms with Crippen LogP contribution in [0.5, 0.6) is 5.75 Å². The van der Waals surface area contributed by atoms with E-state index in [9.17, 15) is 26.0 Å². The van der Waals surface area contributed by atoms with Crippen molar-refractivity contribution in [3.63, 3.8) is 0 Å². The molecule has 2 aromatic carbocycles. The summed E-state index contributed by atoms with van der Waals surface area (Å²) in [6.07, 6.45) is -4.56. The van der Waals surface area contributed by atoms with Gasteiger partial charge in [-0.25, -0.2) is 12.8 Å². The van der Waals surface area contributed by atoms with Crippen LogP contribution in [-0.4, -0.2) is 39.6 Å². The van der Waals surface area contributed by atoms with E-state index in [-0.39, 0.29) is 19.8 Å². The molecule has 182 valence electrons. The van der Waals surface area contributed by atoms with Crippen molar-refractivity contribution in [1.82, 2.24) is 4.90 Å². The van der Waals surface area contributed by atoms with E-state index in [2.05, 4.69) is 4.72 Å². The van der Waals surface area contributed by atoms with Crippen LogP contribution in [-0.2, 0) is 16.2 Å². The highest BCUT2D eigenvalue weighted by molar-refractivity contribution is 7.94. The number of anilines is 1. The van der Waals surface area contributed by atoms with Crippen molar-refractivity contribution >= 4 is 38.6 Å². The normalized spacial score (nSPS) is 17.2. The molecule has 1 N–H and O–H groups in total. The minimum atomic E-state index is -4.67. The number of ether oxygens (including phenoxy) is 1. The number of alkyl halides is 3. The number of rotatable bonds is 6. The van der Waals surface area contributed by atoms with Gasteiger partial charge in [0.05, 0.1) is 15.6 Å². The smallest absolute Gasteiger partial charge is 0.419 e. The summed E-state index contributed by atoms with van der Waals surface area (Å²) in [6.45, 7) is 1.14. The van der Waals surface area contributed by atoms with Gasteiger partial charge in [-0.15, -0.1) is 11.3 Å².